The molecule has 6 nitrogen and oxygen atoms in total. The first kappa shape index (κ1) is 20.7. The molecule has 1 N–H and O–H groups in total. The quantitative estimate of drug-likeness (QED) is 0.392. The minimum atomic E-state index is -0.613. The number of nitrogens with zero attached hydrogens (tertiary/aromatic N) is 1. The lowest BCUT2D eigenvalue weighted by atomic mass is 9.84. The van der Waals surface area contributed by atoms with E-state index in [0.29, 0.717) is 24.9 Å². The molecule has 1 fully saturated rings. The second-order valence-corrected chi connectivity index (χ2v) is 7.03. The molecule has 6 heteroatoms. The molecule has 0 spiro atoms. The van der Waals surface area contributed by atoms with E-state index < -0.39 is 6.09 Å². The average molecular weight is 396 g/mol. The molecule has 29 heavy (non-hydrogen) atoms. The summed E-state index contributed by atoms with van der Waals surface area (Å²) in [7, 11) is 1.28. The Morgan fingerprint density at radius 2 is 1.76 bits per heavy atom. The topological polar surface area (TPSA) is 69.2 Å². The van der Waals surface area contributed by atoms with Crippen LogP contribution in [-0.4, -0.2) is 32.6 Å². The molecular weight excluding hydrogens is 368 g/mol. The highest BCUT2D eigenvalue weighted by Crippen LogP contribution is 2.33. The van der Waals surface area contributed by atoms with E-state index in [9.17, 15) is 4.79 Å². The Kier molecular flexibility index (Phi) is 7.92. The van der Waals surface area contributed by atoms with Gasteiger partial charge in [0.15, 0.2) is 0 Å². The molecule has 0 heterocycles. The number of hydrazone groups is 1. The van der Waals surface area contributed by atoms with Crippen molar-refractivity contribution in [1.29, 1.82) is 0 Å². The first-order valence-corrected chi connectivity index (χ1v) is 10.1. The summed E-state index contributed by atoms with van der Waals surface area (Å²) in [6.07, 6.45) is 7.57. The average Bonchev–Trinajstić information content (AvgIpc) is 2.78. The van der Waals surface area contributed by atoms with Crippen molar-refractivity contribution in [1.82, 2.24) is 5.43 Å². The zero-order valence-corrected chi connectivity index (χ0v) is 16.8. The van der Waals surface area contributed by atoms with Crippen LogP contribution in [0.2, 0.25) is 0 Å². The molecule has 0 unspecified atom stereocenters. The van der Waals surface area contributed by atoms with Gasteiger partial charge >= 0.3 is 6.09 Å². The van der Waals surface area contributed by atoms with Gasteiger partial charge in [0.25, 0.3) is 0 Å². The van der Waals surface area contributed by atoms with Crippen molar-refractivity contribution in [2.24, 2.45) is 5.10 Å². The molecule has 2 aromatic rings. The van der Waals surface area contributed by atoms with E-state index in [1.807, 2.05) is 24.3 Å². The van der Waals surface area contributed by atoms with Crippen LogP contribution in [0.5, 0.6) is 11.5 Å². The minimum absolute atomic E-state index is 0.436. The summed E-state index contributed by atoms with van der Waals surface area (Å²) >= 11 is 0. The van der Waals surface area contributed by atoms with E-state index in [2.05, 4.69) is 39.5 Å². The van der Waals surface area contributed by atoms with E-state index in [1.165, 1.54) is 51.0 Å². The fourth-order valence-corrected chi connectivity index (χ4v) is 3.48. The summed E-state index contributed by atoms with van der Waals surface area (Å²) in [6, 6.07) is 15.9. The van der Waals surface area contributed by atoms with Gasteiger partial charge in [-0.2, -0.15) is 5.10 Å². The highest BCUT2D eigenvalue weighted by atomic mass is 16.5. The van der Waals surface area contributed by atoms with Crippen LogP contribution >= 0.6 is 0 Å². The molecule has 0 saturated heterocycles. The molecule has 1 aliphatic carbocycles. The molecule has 0 bridgehead atoms. The molecule has 2 aromatic carbocycles. The fraction of sp³-hybridized carbons (Fsp3) is 0.391. The number of hydrogen-bond donors (Lipinski definition) is 1. The number of ether oxygens (including phenoxy) is 3. The predicted octanol–water partition coefficient (Wildman–Crippen LogP) is 4.88. The molecule has 0 aromatic heterocycles. The molecule has 1 aliphatic rings. The molecule has 0 atom stereocenters. The summed E-state index contributed by atoms with van der Waals surface area (Å²) in [5.41, 5.74) is 4.47. The number of carbonyl (C=O) groups excluding carboxylic acids is 1. The minimum Gasteiger partial charge on any atom is -0.490 e. The first-order valence-electron chi connectivity index (χ1n) is 10.1. The molecule has 154 valence electrons. The van der Waals surface area contributed by atoms with Crippen molar-refractivity contribution >= 4 is 12.3 Å². The van der Waals surface area contributed by atoms with Crippen LogP contribution < -0.4 is 14.9 Å². The Labute approximate surface area is 171 Å². The normalized spacial score (nSPS) is 14.5. The van der Waals surface area contributed by atoms with Crippen LogP contribution in [0.4, 0.5) is 4.79 Å². The van der Waals surface area contributed by atoms with Crippen LogP contribution in [0.3, 0.4) is 0 Å². The smallest absolute Gasteiger partial charge is 0.427 e. The van der Waals surface area contributed by atoms with Crippen molar-refractivity contribution in [3.05, 3.63) is 59.7 Å². The summed E-state index contributed by atoms with van der Waals surface area (Å²) in [4.78, 5) is 11.0. The van der Waals surface area contributed by atoms with Crippen molar-refractivity contribution in [3.63, 3.8) is 0 Å². The largest absolute Gasteiger partial charge is 0.490 e. The summed E-state index contributed by atoms with van der Waals surface area (Å²) in [5.74, 6) is 2.28. The zero-order chi connectivity index (χ0) is 20.3. The lowest BCUT2D eigenvalue weighted by Crippen LogP contribution is -2.16. The standard InChI is InChI=1S/C23H28N2O4/c1-27-23(26)25-24-17-18-6-5-9-22(16-18)29-15-14-28-21-12-10-20(11-13-21)19-7-3-2-4-8-19/h5-6,9-13,16-17,19H,2-4,7-8,14-15H2,1H3,(H,25,26)/b24-17+. The van der Waals surface area contributed by atoms with Gasteiger partial charge in [-0.15, -0.1) is 0 Å². The van der Waals surface area contributed by atoms with Gasteiger partial charge in [-0.25, -0.2) is 10.2 Å². The third-order valence-corrected chi connectivity index (χ3v) is 4.99. The summed E-state index contributed by atoms with van der Waals surface area (Å²) < 4.78 is 16.0. The Hall–Kier alpha value is -3.02. The lowest BCUT2D eigenvalue weighted by Gasteiger charge is -2.22. The summed E-state index contributed by atoms with van der Waals surface area (Å²) in [5, 5.41) is 3.80. The zero-order valence-electron chi connectivity index (χ0n) is 16.8. The maximum atomic E-state index is 11.0. The molecule has 0 radical (unpaired) electrons. The van der Waals surface area contributed by atoms with E-state index >= 15 is 0 Å². The predicted molar refractivity (Wildman–Crippen MR) is 113 cm³/mol. The first-order chi connectivity index (χ1) is 14.2. The van der Waals surface area contributed by atoms with Gasteiger partial charge in [-0.05, 0) is 54.2 Å². The number of benzene rings is 2. The second kappa shape index (κ2) is 11.1. The molecule has 1 amide bonds. The van der Waals surface area contributed by atoms with Crippen LogP contribution in [0.1, 0.15) is 49.1 Å². The van der Waals surface area contributed by atoms with Crippen molar-refractivity contribution in [2.45, 2.75) is 38.0 Å². The van der Waals surface area contributed by atoms with Gasteiger partial charge < -0.3 is 14.2 Å². The van der Waals surface area contributed by atoms with Crippen LogP contribution in [0.25, 0.3) is 0 Å². The Balaban J connectivity index is 1.41. The number of nitrogens with one attached hydrogen (secondary N) is 1. The number of amides is 1. The van der Waals surface area contributed by atoms with Gasteiger partial charge in [0, 0.05) is 0 Å². The molecule has 3 rings (SSSR count). The Bertz CT molecular complexity index is 799. The molecule has 0 aliphatic heterocycles. The van der Waals surface area contributed by atoms with E-state index in [0.717, 1.165) is 11.3 Å². The van der Waals surface area contributed by atoms with Gasteiger partial charge in [-0.1, -0.05) is 43.5 Å². The maximum Gasteiger partial charge on any atom is 0.427 e. The maximum absolute atomic E-state index is 11.0. The Morgan fingerprint density at radius 1 is 1.03 bits per heavy atom. The van der Waals surface area contributed by atoms with Gasteiger partial charge in [0.1, 0.15) is 24.7 Å². The molecular formula is C23H28N2O4. The van der Waals surface area contributed by atoms with Crippen LogP contribution in [-0.2, 0) is 4.74 Å². The third-order valence-electron chi connectivity index (χ3n) is 4.99. The second-order valence-electron chi connectivity index (χ2n) is 7.03. The molecule has 1 saturated carbocycles. The number of hydrogen-bond acceptors (Lipinski definition) is 5. The number of methoxy groups -OCH3 is 1. The van der Waals surface area contributed by atoms with E-state index in [-0.39, 0.29) is 0 Å². The van der Waals surface area contributed by atoms with Crippen LogP contribution in [0.15, 0.2) is 53.6 Å². The lowest BCUT2D eigenvalue weighted by molar-refractivity contribution is 0.171. The monoisotopic (exact) mass is 396 g/mol. The van der Waals surface area contributed by atoms with Crippen LogP contribution in [0, 0.1) is 0 Å². The highest BCUT2D eigenvalue weighted by molar-refractivity contribution is 5.81. The third kappa shape index (κ3) is 6.82. The van der Waals surface area contributed by atoms with Crippen molar-refractivity contribution in [3.8, 4) is 11.5 Å². The number of rotatable bonds is 8. The van der Waals surface area contributed by atoms with Crippen molar-refractivity contribution in [2.75, 3.05) is 20.3 Å². The highest BCUT2D eigenvalue weighted by Gasteiger charge is 2.15. The van der Waals surface area contributed by atoms with E-state index in [4.69, 9.17) is 9.47 Å². The van der Waals surface area contributed by atoms with Crippen molar-refractivity contribution < 1.29 is 19.0 Å². The number of carbonyl (C=O) groups is 1. The Morgan fingerprint density at radius 3 is 2.48 bits per heavy atom. The van der Waals surface area contributed by atoms with Gasteiger partial charge in [-0.3, -0.25) is 0 Å². The van der Waals surface area contributed by atoms with Gasteiger partial charge in [0.05, 0.1) is 13.3 Å². The fourth-order valence-electron chi connectivity index (χ4n) is 3.48. The van der Waals surface area contributed by atoms with E-state index in [1.54, 1.807) is 0 Å². The van der Waals surface area contributed by atoms with Gasteiger partial charge in [0.2, 0.25) is 0 Å². The SMILES string of the molecule is COC(=O)N/N=C/c1cccc(OCCOc2ccc(C3CCCCC3)cc2)c1. The summed E-state index contributed by atoms with van der Waals surface area (Å²) in [6.45, 7) is 0.899.